The molecule has 174 valence electrons. The van der Waals surface area contributed by atoms with Gasteiger partial charge in [0.15, 0.2) is 0 Å². The van der Waals surface area contributed by atoms with Gasteiger partial charge in [0, 0.05) is 5.69 Å². The number of sulfonamides is 1. The SMILES string of the molecule is CCCCc1ccc(NC(=O)[C@H](C)N(c2ccc(Oc3ccccc3)cc2)S(C)(=O)=O)cc1. The second kappa shape index (κ2) is 11.0. The lowest BCUT2D eigenvalue weighted by Crippen LogP contribution is -2.45. The van der Waals surface area contributed by atoms with Crippen molar-refractivity contribution in [2.45, 2.75) is 39.2 Å². The molecule has 0 aliphatic carbocycles. The maximum Gasteiger partial charge on any atom is 0.247 e. The van der Waals surface area contributed by atoms with E-state index in [0.29, 0.717) is 22.9 Å². The molecule has 7 heteroatoms. The molecule has 0 aromatic heterocycles. The van der Waals surface area contributed by atoms with Crippen molar-refractivity contribution in [3.63, 3.8) is 0 Å². The Morgan fingerprint density at radius 3 is 2.12 bits per heavy atom. The summed E-state index contributed by atoms with van der Waals surface area (Å²) in [6, 6.07) is 22.6. The molecule has 3 aromatic rings. The van der Waals surface area contributed by atoms with Crippen LogP contribution in [0.2, 0.25) is 0 Å². The topological polar surface area (TPSA) is 75.7 Å². The Balaban J connectivity index is 1.73. The zero-order valence-electron chi connectivity index (χ0n) is 19.2. The maximum atomic E-state index is 12.9. The van der Waals surface area contributed by atoms with Gasteiger partial charge in [0.1, 0.15) is 17.5 Å². The highest BCUT2D eigenvalue weighted by atomic mass is 32.2. The lowest BCUT2D eigenvalue weighted by atomic mass is 10.1. The number of hydrogen-bond donors (Lipinski definition) is 1. The minimum atomic E-state index is -3.71. The summed E-state index contributed by atoms with van der Waals surface area (Å²) in [5.74, 6) is 0.837. The molecule has 0 radical (unpaired) electrons. The van der Waals surface area contributed by atoms with E-state index < -0.39 is 22.0 Å². The van der Waals surface area contributed by atoms with E-state index in [1.807, 2.05) is 54.6 Å². The van der Waals surface area contributed by atoms with Crippen LogP contribution in [0.5, 0.6) is 11.5 Å². The molecule has 0 fully saturated rings. The molecular weight excluding hydrogens is 436 g/mol. The zero-order chi connectivity index (χ0) is 23.8. The van der Waals surface area contributed by atoms with Gasteiger partial charge in [-0.2, -0.15) is 0 Å². The molecule has 1 amide bonds. The van der Waals surface area contributed by atoms with Crippen LogP contribution in [0.1, 0.15) is 32.3 Å². The fourth-order valence-electron chi connectivity index (χ4n) is 3.48. The highest BCUT2D eigenvalue weighted by Crippen LogP contribution is 2.27. The van der Waals surface area contributed by atoms with Crippen molar-refractivity contribution in [2.75, 3.05) is 15.9 Å². The number of anilines is 2. The number of para-hydroxylation sites is 1. The van der Waals surface area contributed by atoms with Crippen molar-refractivity contribution in [3.8, 4) is 11.5 Å². The highest BCUT2D eigenvalue weighted by Gasteiger charge is 2.29. The van der Waals surface area contributed by atoms with Gasteiger partial charge in [-0.15, -0.1) is 0 Å². The number of rotatable bonds is 10. The minimum absolute atomic E-state index is 0.385. The molecule has 0 saturated carbocycles. The van der Waals surface area contributed by atoms with Gasteiger partial charge in [-0.25, -0.2) is 8.42 Å². The van der Waals surface area contributed by atoms with Crippen molar-refractivity contribution < 1.29 is 17.9 Å². The van der Waals surface area contributed by atoms with Gasteiger partial charge in [0.05, 0.1) is 11.9 Å². The second-order valence-corrected chi connectivity index (χ2v) is 9.79. The standard InChI is InChI=1S/C26H30N2O4S/c1-4-5-9-21-12-14-22(15-13-21)27-26(29)20(2)28(33(3,30)31)23-16-18-25(19-17-23)32-24-10-7-6-8-11-24/h6-8,10-20H,4-5,9H2,1-3H3,(H,27,29)/t20-/m0/s1. The third-order valence-electron chi connectivity index (χ3n) is 5.20. The van der Waals surface area contributed by atoms with Crippen molar-refractivity contribution in [1.82, 2.24) is 0 Å². The summed E-state index contributed by atoms with van der Waals surface area (Å²) < 4.78 is 32.0. The first-order valence-corrected chi connectivity index (χ1v) is 12.8. The van der Waals surface area contributed by atoms with Gasteiger partial charge in [-0.1, -0.05) is 43.7 Å². The number of nitrogens with zero attached hydrogens (tertiary/aromatic N) is 1. The number of carbonyl (C=O) groups excluding carboxylic acids is 1. The molecule has 1 N–H and O–H groups in total. The van der Waals surface area contributed by atoms with Crippen molar-refractivity contribution >= 4 is 27.3 Å². The summed E-state index contributed by atoms with van der Waals surface area (Å²) in [6.45, 7) is 3.72. The molecule has 1 atom stereocenters. The summed E-state index contributed by atoms with van der Waals surface area (Å²) in [6.07, 6.45) is 4.32. The molecule has 3 aromatic carbocycles. The summed E-state index contributed by atoms with van der Waals surface area (Å²) in [4.78, 5) is 12.9. The van der Waals surface area contributed by atoms with Crippen LogP contribution in [-0.4, -0.2) is 26.6 Å². The van der Waals surface area contributed by atoms with E-state index in [4.69, 9.17) is 4.74 Å². The third kappa shape index (κ3) is 6.83. The number of hydrogen-bond acceptors (Lipinski definition) is 4. The Morgan fingerprint density at radius 2 is 1.55 bits per heavy atom. The fraction of sp³-hybridized carbons (Fsp3) is 0.269. The average Bonchev–Trinajstić information content (AvgIpc) is 2.79. The Hall–Kier alpha value is -3.32. The van der Waals surface area contributed by atoms with Crippen LogP contribution in [0.25, 0.3) is 0 Å². The molecule has 0 spiro atoms. The molecule has 0 saturated heterocycles. The van der Waals surface area contributed by atoms with Gasteiger partial charge < -0.3 is 10.1 Å². The Kier molecular flexibility index (Phi) is 8.11. The number of amides is 1. The Bertz CT molecular complexity index is 1150. The molecule has 0 bridgehead atoms. The molecule has 33 heavy (non-hydrogen) atoms. The summed E-state index contributed by atoms with van der Waals surface area (Å²) in [5.41, 5.74) is 2.22. The van der Waals surface area contributed by atoms with Gasteiger partial charge in [-0.3, -0.25) is 9.10 Å². The lowest BCUT2D eigenvalue weighted by molar-refractivity contribution is -0.116. The number of ether oxygens (including phenoxy) is 1. The van der Waals surface area contributed by atoms with E-state index >= 15 is 0 Å². The second-order valence-electron chi connectivity index (χ2n) is 7.93. The molecule has 0 aliphatic rings. The average molecular weight is 467 g/mol. The molecule has 6 nitrogen and oxygen atoms in total. The first kappa shape index (κ1) is 24.3. The quantitative estimate of drug-likeness (QED) is 0.421. The molecule has 0 heterocycles. The Morgan fingerprint density at radius 1 is 0.939 bits per heavy atom. The number of benzene rings is 3. The van der Waals surface area contributed by atoms with Crippen molar-refractivity contribution in [1.29, 1.82) is 0 Å². The summed E-state index contributed by atoms with van der Waals surface area (Å²) >= 11 is 0. The molecule has 3 rings (SSSR count). The monoisotopic (exact) mass is 466 g/mol. The highest BCUT2D eigenvalue weighted by molar-refractivity contribution is 7.92. The maximum absolute atomic E-state index is 12.9. The predicted molar refractivity (Wildman–Crippen MR) is 133 cm³/mol. The predicted octanol–water partition coefficient (Wildman–Crippen LogP) is 5.61. The van der Waals surface area contributed by atoms with Crippen LogP contribution in [0.3, 0.4) is 0 Å². The number of aryl methyl sites for hydroxylation is 1. The fourth-order valence-corrected chi connectivity index (χ4v) is 4.65. The summed E-state index contributed by atoms with van der Waals surface area (Å²) in [7, 11) is -3.71. The zero-order valence-corrected chi connectivity index (χ0v) is 20.0. The van der Waals surface area contributed by atoms with Crippen LogP contribution in [-0.2, 0) is 21.2 Å². The van der Waals surface area contributed by atoms with Crippen LogP contribution >= 0.6 is 0 Å². The third-order valence-corrected chi connectivity index (χ3v) is 6.44. The van der Waals surface area contributed by atoms with Gasteiger partial charge in [-0.05, 0) is 73.9 Å². The van der Waals surface area contributed by atoms with Crippen LogP contribution < -0.4 is 14.4 Å². The lowest BCUT2D eigenvalue weighted by Gasteiger charge is -2.28. The van der Waals surface area contributed by atoms with Gasteiger partial charge in [0.25, 0.3) is 0 Å². The van der Waals surface area contributed by atoms with Gasteiger partial charge >= 0.3 is 0 Å². The van der Waals surface area contributed by atoms with E-state index in [1.165, 1.54) is 5.56 Å². The van der Waals surface area contributed by atoms with Gasteiger partial charge in [0.2, 0.25) is 15.9 Å². The van der Waals surface area contributed by atoms with E-state index in [1.54, 1.807) is 31.2 Å². The van der Waals surface area contributed by atoms with E-state index in [0.717, 1.165) is 29.8 Å². The first-order chi connectivity index (χ1) is 15.8. The summed E-state index contributed by atoms with van der Waals surface area (Å²) in [5, 5.41) is 2.82. The number of unbranched alkanes of at least 4 members (excludes halogenated alkanes) is 1. The largest absolute Gasteiger partial charge is 0.457 e. The Labute approximate surface area is 196 Å². The van der Waals surface area contributed by atoms with Crippen LogP contribution in [0.4, 0.5) is 11.4 Å². The number of nitrogens with one attached hydrogen (secondary N) is 1. The van der Waals surface area contributed by atoms with E-state index in [2.05, 4.69) is 12.2 Å². The van der Waals surface area contributed by atoms with Crippen LogP contribution in [0, 0.1) is 0 Å². The van der Waals surface area contributed by atoms with Crippen molar-refractivity contribution in [3.05, 3.63) is 84.4 Å². The molecule has 0 unspecified atom stereocenters. The van der Waals surface area contributed by atoms with Crippen molar-refractivity contribution in [2.24, 2.45) is 0 Å². The van der Waals surface area contributed by atoms with Crippen LogP contribution in [0.15, 0.2) is 78.9 Å². The van der Waals surface area contributed by atoms with E-state index in [-0.39, 0.29) is 0 Å². The smallest absolute Gasteiger partial charge is 0.247 e. The molecule has 0 aliphatic heterocycles. The van der Waals surface area contributed by atoms with E-state index in [9.17, 15) is 13.2 Å². The number of carbonyl (C=O) groups is 1. The molecular formula is C26H30N2O4S. The normalized spacial score (nSPS) is 12.1. The first-order valence-electron chi connectivity index (χ1n) is 11.0. The minimum Gasteiger partial charge on any atom is -0.457 e.